The van der Waals surface area contributed by atoms with Crippen LogP contribution < -0.4 is 0 Å². The monoisotopic (exact) mass is 286 g/mol. The van der Waals surface area contributed by atoms with Crippen molar-refractivity contribution in [2.75, 3.05) is 0 Å². The molecule has 1 fully saturated rings. The van der Waals surface area contributed by atoms with Crippen LogP contribution in [0.2, 0.25) is 0 Å². The van der Waals surface area contributed by atoms with Crippen LogP contribution >= 0.6 is 15.5 Å². The average molecular weight is 286 g/mol. The van der Waals surface area contributed by atoms with Gasteiger partial charge in [-0.2, -0.15) is 14.7 Å². The zero-order chi connectivity index (χ0) is 13.3. The molecule has 2 atom stereocenters. The fourth-order valence-electron chi connectivity index (χ4n) is 2.01. The number of nitrogens with zero attached hydrogens (tertiary/aromatic N) is 1. The Morgan fingerprint density at radius 3 is 2.29 bits per heavy atom. The summed E-state index contributed by atoms with van der Waals surface area (Å²) in [6, 6.07) is -0.368. The lowest BCUT2D eigenvalue weighted by Gasteiger charge is -2.24. The quantitative estimate of drug-likeness (QED) is 0.386. The largest absolute Gasteiger partial charge is 0.469 e. The molecular weight excluding hydrogens is 268 g/mol. The van der Waals surface area contributed by atoms with Crippen molar-refractivity contribution in [3.63, 3.8) is 0 Å². The lowest BCUT2D eigenvalue weighted by molar-refractivity contribution is 0.337. The number of hydrogen-bond donors (Lipinski definition) is 5. The average Bonchev–Trinajstić information content (AvgIpc) is 2.10. The summed E-state index contributed by atoms with van der Waals surface area (Å²) in [7, 11) is -9.68. The van der Waals surface area contributed by atoms with Crippen LogP contribution in [0.15, 0.2) is 4.99 Å². The molecule has 0 aromatic carbocycles. The van der Waals surface area contributed by atoms with Crippen LogP contribution in [0.5, 0.6) is 0 Å². The van der Waals surface area contributed by atoms with Crippen LogP contribution in [0.3, 0.4) is 0 Å². The van der Waals surface area contributed by atoms with Gasteiger partial charge in [0.25, 0.3) is 0 Å². The van der Waals surface area contributed by atoms with Crippen molar-refractivity contribution < 1.29 is 29.0 Å². The van der Waals surface area contributed by atoms with Crippen molar-refractivity contribution in [2.24, 2.45) is 10.9 Å². The van der Waals surface area contributed by atoms with Crippen molar-refractivity contribution in [3.05, 3.63) is 0 Å². The van der Waals surface area contributed by atoms with E-state index in [-0.39, 0.29) is 6.04 Å². The van der Waals surface area contributed by atoms with Gasteiger partial charge in [-0.3, -0.25) is 0 Å². The Bertz CT molecular complexity index is 346. The SMILES string of the molecule is CC1CCCC(N=C(P(=O)(O)O)[P+](O)(O)O)C1. The first kappa shape index (κ1) is 15.2. The molecule has 0 amide bonds. The molecule has 0 heterocycles. The van der Waals surface area contributed by atoms with E-state index in [1.165, 1.54) is 0 Å². The molecular formula is C8H18NO6P2+. The molecule has 0 spiro atoms. The number of rotatable bonds is 3. The second-order valence-electron chi connectivity index (χ2n) is 4.47. The molecule has 0 aromatic heterocycles. The normalized spacial score (nSPS) is 28.2. The molecule has 7 nitrogen and oxygen atoms in total. The minimum Gasteiger partial charge on any atom is -0.317 e. The Morgan fingerprint density at radius 2 is 1.88 bits per heavy atom. The van der Waals surface area contributed by atoms with E-state index in [0.717, 1.165) is 12.8 Å². The summed E-state index contributed by atoms with van der Waals surface area (Å²) in [5.74, 6) is 0.374. The smallest absolute Gasteiger partial charge is 0.317 e. The van der Waals surface area contributed by atoms with Crippen molar-refractivity contribution in [3.8, 4) is 0 Å². The van der Waals surface area contributed by atoms with Gasteiger partial charge in [0.05, 0.1) is 6.04 Å². The van der Waals surface area contributed by atoms with Gasteiger partial charge in [-0.05, 0) is 18.8 Å². The molecule has 0 aromatic rings. The van der Waals surface area contributed by atoms with Gasteiger partial charge in [-0.15, -0.1) is 0 Å². The molecule has 9 heteroatoms. The van der Waals surface area contributed by atoms with Gasteiger partial charge < -0.3 is 9.79 Å². The van der Waals surface area contributed by atoms with Gasteiger partial charge in [0.1, 0.15) is 0 Å². The summed E-state index contributed by atoms with van der Waals surface area (Å²) in [6.07, 6.45) is 3.16. The van der Waals surface area contributed by atoms with E-state index in [0.29, 0.717) is 18.8 Å². The first-order valence-electron chi connectivity index (χ1n) is 5.32. The fraction of sp³-hybridized carbons (Fsp3) is 0.875. The topological polar surface area (TPSA) is 131 Å². The maximum absolute atomic E-state index is 11.0. The Labute approximate surface area is 100.0 Å². The molecule has 1 aliphatic rings. The molecule has 0 saturated heterocycles. The second-order valence-corrected chi connectivity index (χ2v) is 7.89. The number of hydrogen-bond acceptors (Lipinski definition) is 5. The van der Waals surface area contributed by atoms with Crippen LogP contribution in [-0.4, -0.2) is 35.7 Å². The Hall–Kier alpha value is 0.130. The maximum atomic E-state index is 11.0. The number of aliphatic imine (C=N–C) groups is 1. The predicted octanol–water partition coefficient (Wildman–Crippen LogP) is 0.838. The molecule has 1 saturated carbocycles. The summed E-state index contributed by atoms with van der Waals surface area (Å²) >= 11 is 0. The molecule has 0 bridgehead atoms. The molecule has 1 rings (SSSR count). The Morgan fingerprint density at radius 1 is 1.29 bits per heavy atom. The first-order chi connectivity index (χ1) is 7.60. The molecule has 5 N–H and O–H groups in total. The lowest BCUT2D eigenvalue weighted by Crippen LogP contribution is -2.19. The van der Waals surface area contributed by atoms with Gasteiger partial charge >= 0.3 is 20.7 Å². The van der Waals surface area contributed by atoms with Crippen LogP contribution in [0, 0.1) is 5.92 Å². The molecule has 1 aliphatic carbocycles. The van der Waals surface area contributed by atoms with E-state index >= 15 is 0 Å². The highest BCUT2D eigenvalue weighted by atomic mass is 31.3. The summed E-state index contributed by atoms with van der Waals surface area (Å²) in [5, 5.41) is -1.16. The third-order valence-corrected chi connectivity index (χ3v) is 5.61. The lowest BCUT2D eigenvalue weighted by atomic mass is 9.87. The molecule has 2 unspecified atom stereocenters. The standard InChI is InChI=1S/C8H17NO6P2/c1-6-3-2-4-7(5-6)9-8(16(10,11)12)17(13,14)15/h6-7,10-12H,2-5H2,1H3,(H-,13,14,15)/p+1. The highest BCUT2D eigenvalue weighted by Gasteiger charge is 2.52. The van der Waals surface area contributed by atoms with Crippen LogP contribution in [-0.2, 0) is 4.57 Å². The van der Waals surface area contributed by atoms with E-state index < -0.39 is 20.7 Å². The summed E-state index contributed by atoms with van der Waals surface area (Å²) in [6.45, 7) is 2.00. The van der Waals surface area contributed by atoms with Crippen LogP contribution in [0.25, 0.3) is 0 Å². The summed E-state index contributed by atoms with van der Waals surface area (Å²) < 4.78 is 11.0. The highest BCUT2D eigenvalue weighted by molar-refractivity contribution is 8.00. The summed E-state index contributed by atoms with van der Waals surface area (Å²) in [5.41, 5.74) is 0. The van der Waals surface area contributed by atoms with E-state index in [2.05, 4.69) is 4.99 Å². The Balaban J connectivity index is 2.94. The highest BCUT2D eigenvalue weighted by Crippen LogP contribution is 2.60. The zero-order valence-corrected chi connectivity index (χ0v) is 11.3. The van der Waals surface area contributed by atoms with Crippen LogP contribution in [0.1, 0.15) is 32.6 Å². The van der Waals surface area contributed by atoms with Gasteiger partial charge in [-0.25, -0.2) is 9.56 Å². The summed E-state index contributed by atoms with van der Waals surface area (Å²) in [4.78, 5) is 48.6. The van der Waals surface area contributed by atoms with Gasteiger partial charge in [-0.1, -0.05) is 19.8 Å². The van der Waals surface area contributed by atoms with Crippen LogP contribution in [0.4, 0.5) is 0 Å². The van der Waals surface area contributed by atoms with Crippen molar-refractivity contribution >= 4 is 20.7 Å². The first-order valence-corrected chi connectivity index (χ1v) is 8.58. The minimum atomic E-state index is -4.93. The molecule has 17 heavy (non-hydrogen) atoms. The van der Waals surface area contributed by atoms with Gasteiger partial charge in [0, 0.05) is 0 Å². The molecule has 0 aliphatic heterocycles. The minimum absolute atomic E-state index is 0.368. The molecule has 100 valence electrons. The van der Waals surface area contributed by atoms with Gasteiger partial charge in [0.2, 0.25) is 0 Å². The Kier molecular flexibility index (Phi) is 4.83. The van der Waals surface area contributed by atoms with Crippen molar-refractivity contribution in [1.29, 1.82) is 0 Å². The zero-order valence-electron chi connectivity index (χ0n) is 9.47. The third-order valence-electron chi connectivity index (χ3n) is 2.74. The van der Waals surface area contributed by atoms with E-state index in [1.54, 1.807) is 0 Å². The maximum Gasteiger partial charge on any atom is 0.469 e. The van der Waals surface area contributed by atoms with E-state index in [4.69, 9.17) is 24.5 Å². The third kappa shape index (κ3) is 4.72. The van der Waals surface area contributed by atoms with E-state index in [1.807, 2.05) is 6.92 Å². The van der Waals surface area contributed by atoms with E-state index in [9.17, 15) is 4.57 Å². The van der Waals surface area contributed by atoms with Gasteiger partial charge in [0.15, 0.2) is 0 Å². The van der Waals surface area contributed by atoms with Crippen molar-refractivity contribution in [1.82, 2.24) is 0 Å². The second kappa shape index (κ2) is 5.41. The predicted molar refractivity (Wildman–Crippen MR) is 64.5 cm³/mol. The molecule has 0 radical (unpaired) electrons. The van der Waals surface area contributed by atoms with Crippen molar-refractivity contribution in [2.45, 2.75) is 38.6 Å². The fourth-order valence-corrected chi connectivity index (χ4v) is 4.04.